The fraction of sp³-hybridized carbons (Fsp3) is 0.300. The maximum Gasteiger partial charge on any atom is 0.251 e. The van der Waals surface area contributed by atoms with E-state index in [0.717, 1.165) is 6.07 Å². The smallest absolute Gasteiger partial charge is 0.251 e. The first kappa shape index (κ1) is 12.1. The van der Waals surface area contributed by atoms with E-state index >= 15 is 0 Å². The molecule has 0 atom stereocenters. The molecule has 1 rings (SSSR count). The largest absolute Gasteiger partial charge is 0.355 e. The molecular formula is C10H12FN3O2. The van der Waals surface area contributed by atoms with Crippen molar-refractivity contribution in [2.75, 3.05) is 13.1 Å². The molecule has 1 aromatic rings. The molecule has 0 fully saturated rings. The highest BCUT2D eigenvalue weighted by atomic mass is 19.1. The quantitative estimate of drug-likeness (QED) is 0.713. The van der Waals surface area contributed by atoms with Crippen LogP contribution in [0.2, 0.25) is 0 Å². The van der Waals surface area contributed by atoms with Gasteiger partial charge in [-0.15, -0.1) is 0 Å². The minimum atomic E-state index is -0.731. The van der Waals surface area contributed by atoms with Gasteiger partial charge in [-0.25, -0.2) is 4.98 Å². The summed E-state index contributed by atoms with van der Waals surface area (Å²) in [5.41, 5.74) is 0.136. The van der Waals surface area contributed by atoms with Crippen LogP contribution in [-0.4, -0.2) is 29.9 Å². The van der Waals surface area contributed by atoms with Crippen LogP contribution >= 0.6 is 0 Å². The van der Waals surface area contributed by atoms with Crippen molar-refractivity contribution in [3.05, 3.63) is 29.8 Å². The molecule has 1 aromatic heterocycles. The molecule has 2 N–H and O–H groups in total. The van der Waals surface area contributed by atoms with Crippen LogP contribution in [0.5, 0.6) is 0 Å². The molecular weight excluding hydrogens is 213 g/mol. The number of nitrogens with one attached hydrogen (secondary N) is 2. The number of aromatic nitrogens is 1. The second-order valence-corrected chi connectivity index (χ2v) is 3.00. The third-order valence-electron chi connectivity index (χ3n) is 1.77. The maximum atomic E-state index is 12.7. The Morgan fingerprint density at radius 3 is 2.81 bits per heavy atom. The minimum absolute atomic E-state index is 0.128. The minimum Gasteiger partial charge on any atom is -0.355 e. The number of likely N-dealkylation sites (N-methyl/N-ethyl adjacent to an activating group) is 1. The molecule has 0 spiro atoms. The van der Waals surface area contributed by atoms with Gasteiger partial charge in [0, 0.05) is 24.4 Å². The molecule has 16 heavy (non-hydrogen) atoms. The van der Waals surface area contributed by atoms with Gasteiger partial charge in [0.1, 0.15) is 0 Å². The first-order chi connectivity index (χ1) is 7.63. The number of hydrogen-bond donors (Lipinski definition) is 2. The van der Waals surface area contributed by atoms with Crippen LogP contribution in [0.3, 0.4) is 0 Å². The fourth-order valence-electron chi connectivity index (χ4n) is 1.07. The zero-order valence-corrected chi connectivity index (χ0v) is 8.79. The van der Waals surface area contributed by atoms with E-state index in [1.807, 2.05) is 0 Å². The Hall–Kier alpha value is -1.98. The Kier molecular flexibility index (Phi) is 4.38. The lowest BCUT2D eigenvalue weighted by molar-refractivity contribution is -0.120. The van der Waals surface area contributed by atoms with Gasteiger partial charge in [-0.1, -0.05) is 0 Å². The number of amides is 2. The second kappa shape index (κ2) is 5.79. The van der Waals surface area contributed by atoms with Gasteiger partial charge in [-0.2, -0.15) is 4.39 Å². The number of pyridine rings is 1. The molecule has 0 bridgehead atoms. The van der Waals surface area contributed by atoms with Gasteiger partial charge >= 0.3 is 0 Å². The van der Waals surface area contributed by atoms with Gasteiger partial charge in [0.25, 0.3) is 5.91 Å². The highest BCUT2D eigenvalue weighted by Crippen LogP contribution is 1.99. The summed E-state index contributed by atoms with van der Waals surface area (Å²) < 4.78 is 12.7. The van der Waals surface area contributed by atoms with E-state index in [1.54, 1.807) is 6.92 Å². The highest BCUT2D eigenvalue weighted by molar-refractivity contribution is 5.96. The van der Waals surface area contributed by atoms with Crippen molar-refractivity contribution in [3.8, 4) is 0 Å². The molecule has 0 saturated carbocycles. The molecule has 0 radical (unpaired) electrons. The average molecular weight is 225 g/mol. The van der Waals surface area contributed by atoms with E-state index in [4.69, 9.17) is 0 Å². The summed E-state index contributed by atoms with van der Waals surface area (Å²) in [6.07, 6.45) is 1.19. The van der Waals surface area contributed by atoms with Crippen molar-refractivity contribution >= 4 is 11.8 Å². The van der Waals surface area contributed by atoms with Crippen LogP contribution in [0.15, 0.2) is 18.3 Å². The molecule has 6 heteroatoms. The van der Waals surface area contributed by atoms with Crippen molar-refractivity contribution in [1.29, 1.82) is 0 Å². The summed E-state index contributed by atoms with van der Waals surface area (Å²) in [6, 6.07) is 2.38. The third kappa shape index (κ3) is 3.64. The predicted molar refractivity (Wildman–Crippen MR) is 55.2 cm³/mol. The van der Waals surface area contributed by atoms with Gasteiger partial charge in [0.05, 0.1) is 6.54 Å². The lowest BCUT2D eigenvalue weighted by Gasteiger charge is -2.04. The van der Waals surface area contributed by atoms with Crippen LogP contribution in [0.25, 0.3) is 0 Å². The van der Waals surface area contributed by atoms with Crippen molar-refractivity contribution in [1.82, 2.24) is 15.6 Å². The van der Waals surface area contributed by atoms with Crippen LogP contribution in [0.1, 0.15) is 17.3 Å². The first-order valence-corrected chi connectivity index (χ1v) is 4.80. The SMILES string of the molecule is CCNC(=O)CNC(=O)c1ccnc(F)c1. The number of nitrogens with zero attached hydrogens (tertiary/aromatic N) is 1. The Morgan fingerprint density at radius 2 is 2.19 bits per heavy atom. The van der Waals surface area contributed by atoms with Crippen LogP contribution in [0.4, 0.5) is 4.39 Å². The molecule has 1 heterocycles. The van der Waals surface area contributed by atoms with E-state index in [0.29, 0.717) is 6.54 Å². The van der Waals surface area contributed by atoms with Crippen LogP contribution < -0.4 is 10.6 Å². The van der Waals surface area contributed by atoms with E-state index in [9.17, 15) is 14.0 Å². The summed E-state index contributed by atoms with van der Waals surface area (Å²) >= 11 is 0. The maximum absolute atomic E-state index is 12.7. The molecule has 0 aromatic carbocycles. The zero-order valence-electron chi connectivity index (χ0n) is 8.79. The standard InChI is InChI=1S/C10H12FN3O2/c1-2-12-9(15)6-14-10(16)7-3-4-13-8(11)5-7/h3-5H,2,6H2,1H3,(H,12,15)(H,14,16). The summed E-state index contributed by atoms with van der Waals surface area (Å²) in [7, 11) is 0. The molecule has 86 valence electrons. The number of carbonyl (C=O) groups excluding carboxylic acids is 2. The van der Waals surface area contributed by atoms with E-state index in [-0.39, 0.29) is 18.0 Å². The summed E-state index contributed by atoms with van der Waals surface area (Å²) in [5.74, 6) is -1.52. The molecule has 0 saturated heterocycles. The Bertz CT molecular complexity index is 395. The Labute approximate surface area is 92.1 Å². The molecule has 0 aliphatic heterocycles. The zero-order chi connectivity index (χ0) is 12.0. The number of halogens is 1. The van der Waals surface area contributed by atoms with Gasteiger partial charge in [-0.3, -0.25) is 9.59 Å². The molecule has 0 aliphatic rings. The lowest BCUT2D eigenvalue weighted by Crippen LogP contribution is -2.36. The first-order valence-electron chi connectivity index (χ1n) is 4.80. The normalized spacial score (nSPS) is 9.62. The van der Waals surface area contributed by atoms with Crippen molar-refractivity contribution in [2.24, 2.45) is 0 Å². The Balaban J connectivity index is 2.50. The monoisotopic (exact) mass is 225 g/mol. The van der Waals surface area contributed by atoms with Crippen LogP contribution in [0, 0.1) is 5.95 Å². The number of rotatable bonds is 4. The lowest BCUT2D eigenvalue weighted by atomic mass is 10.2. The van der Waals surface area contributed by atoms with E-state index < -0.39 is 11.9 Å². The number of hydrogen-bond acceptors (Lipinski definition) is 3. The molecule has 0 aliphatic carbocycles. The third-order valence-corrected chi connectivity index (χ3v) is 1.77. The van der Waals surface area contributed by atoms with Gasteiger partial charge in [0.2, 0.25) is 11.9 Å². The summed E-state index contributed by atoms with van der Waals surface area (Å²) in [5, 5.41) is 4.89. The van der Waals surface area contributed by atoms with Crippen molar-refractivity contribution in [2.45, 2.75) is 6.92 Å². The molecule has 2 amide bonds. The highest BCUT2D eigenvalue weighted by Gasteiger charge is 2.08. The fourth-order valence-corrected chi connectivity index (χ4v) is 1.07. The number of carbonyl (C=O) groups is 2. The summed E-state index contributed by atoms with van der Waals surface area (Å²) in [4.78, 5) is 25.8. The van der Waals surface area contributed by atoms with Gasteiger partial charge in [-0.05, 0) is 13.0 Å². The topological polar surface area (TPSA) is 71.1 Å². The molecule has 0 unspecified atom stereocenters. The van der Waals surface area contributed by atoms with Gasteiger partial charge < -0.3 is 10.6 Å². The van der Waals surface area contributed by atoms with Crippen molar-refractivity contribution < 1.29 is 14.0 Å². The molecule has 5 nitrogen and oxygen atoms in total. The van der Waals surface area contributed by atoms with Crippen LogP contribution in [-0.2, 0) is 4.79 Å². The Morgan fingerprint density at radius 1 is 1.44 bits per heavy atom. The summed E-state index contributed by atoms with van der Waals surface area (Å²) in [6.45, 7) is 2.15. The second-order valence-electron chi connectivity index (χ2n) is 3.00. The van der Waals surface area contributed by atoms with Crippen molar-refractivity contribution in [3.63, 3.8) is 0 Å². The van der Waals surface area contributed by atoms with E-state index in [1.165, 1.54) is 12.3 Å². The van der Waals surface area contributed by atoms with Gasteiger partial charge in [0.15, 0.2) is 0 Å². The predicted octanol–water partition coefficient (Wildman–Crippen LogP) is 0.0866. The average Bonchev–Trinajstić information content (AvgIpc) is 2.26. The van der Waals surface area contributed by atoms with E-state index in [2.05, 4.69) is 15.6 Å².